The number of urea groups is 1. The van der Waals surface area contributed by atoms with E-state index in [1.807, 2.05) is 19.1 Å². The quantitative estimate of drug-likeness (QED) is 0.770. The third-order valence-electron chi connectivity index (χ3n) is 1.57. The molecule has 0 aromatic carbocycles. The molecule has 0 radical (unpaired) electrons. The maximum Gasteiger partial charge on any atom is 0.319 e. The van der Waals surface area contributed by atoms with Crippen LogP contribution in [0, 0.1) is 0 Å². The second-order valence-corrected chi connectivity index (χ2v) is 2.72. The van der Waals surface area contributed by atoms with Crippen LogP contribution in [0.5, 0.6) is 0 Å². The fraction of sp³-hybridized carbons (Fsp3) is 0.300. The second kappa shape index (κ2) is 5.85. The molecule has 0 aliphatic heterocycles. The maximum absolute atomic E-state index is 11.1. The fourth-order valence-corrected chi connectivity index (χ4v) is 0.884. The molecule has 1 rings (SSSR count). The van der Waals surface area contributed by atoms with Crippen molar-refractivity contribution in [2.24, 2.45) is 0 Å². The van der Waals surface area contributed by atoms with Gasteiger partial charge in [0.15, 0.2) is 0 Å². The molecule has 0 spiro atoms. The lowest BCUT2D eigenvalue weighted by atomic mass is 10.4. The highest BCUT2D eigenvalue weighted by Crippen LogP contribution is 1.97. The van der Waals surface area contributed by atoms with E-state index >= 15 is 0 Å². The van der Waals surface area contributed by atoms with Gasteiger partial charge in [0.2, 0.25) is 0 Å². The largest absolute Gasteiger partial charge is 0.467 e. The summed E-state index contributed by atoms with van der Waals surface area (Å²) >= 11 is 0. The Labute approximate surface area is 83.0 Å². The molecule has 0 saturated carbocycles. The van der Waals surface area contributed by atoms with Crippen LogP contribution in [-0.4, -0.2) is 6.03 Å². The van der Waals surface area contributed by atoms with Crippen molar-refractivity contribution in [3.05, 3.63) is 36.4 Å². The summed E-state index contributed by atoms with van der Waals surface area (Å²) in [4.78, 5) is 11.1. The van der Waals surface area contributed by atoms with Gasteiger partial charge in [-0.05, 0) is 18.6 Å². The first-order valence-corrected chi connectivity index (χ1v) is 4.54. The third-order valence-corrected chi connectivity index (χ3v) is 1.57. The molecule has 2 amide bonds. The monoisotopic (exact) mass is 194 g/mol. The van der Waals surface area contributed by atoms with Crippen molar-refractivity contribution < 1.29 is 9.21 Å². The Hall–Kier alpha value is -1.71. The van der Waals surface area contributed by atoms with E-state index < -0.39 is 0 Å². The van der Waals surface area contributed by atoms with Gasteiger partial charge in [-0.1, -0.05) is 13.0 Å². The molecule has 76 valence electrons. The number of nitrogens with one attached hydrogen (secondary N) is 2. The molecule has 1 heterocycles. The van der Waals surface area contributed by atoms with Crippen LogP contribution in [0.15, 0.2) is 35.1 Å². The Morgan fingerprint density at radius 1 is 1.64 bits per heavy atom. The van der Waals surface area contributed by atoms with Gasteiger partial charge in [0.05, 0.1) is 12.8 Å². The Balaban J connectivity index is 2.18. The number of carbonyl (C=O) groups is 1. The van der Waals surface area contributed by atoms with Crippen molar-refractivity contribution in [1.82, 2.24) is 10.6 Å². The summed E-state index contributed by atoms with van der Waals surface area (Å²) in [5.41, 5.74) is 0. The van der Waals surface area contributed by atoms with E-state index in [-0.39, 0.29) is 6.03 Å². The molecule has 0 bridgehead atoms. The SMILES string of the molecule is CC/C=C/NC(=O)NCc1ccco1. The van der Waals surface area contributed by atoms with Gasteiger partial charge >= 0.3 is 6.03 Å². The summed E-state index contributed by atoms with van der Waals surface area (Å²) in [6, 6.07) is 3.36. The van der Waals surface area contributed by atoms with Crippen molar-refractivity contribution in [3.63, 3.8) is 0 Å². The minimum absolute atomic E-state index is 0.230. The lowest BCUT2D eigenvalue weighted by Crippen LogP contribution is -2.31. The van der Waals surface area contributed by atoms with Gasteiger partial charge in [-0.2, -0.15) is 0 Å². The number of carbonyl (C=O) groups excluding carboxylic acids is 1. The average Bonchev–Trinajstić information content (AvgIpc) is 2.68. The van der Waals surface area contributed by atoms with E-state index in [0.29, 0.717) is 6.54 Å². The molecule has 1 aromatic heterocycles. The summed E-state index contributed by atoms with van der Waals surface area (Å²) in [6.07, 6.45) is 5.97. The van der Waals surface area contributed by atoms with E-state index in [0.717, 1.165) is 12.2 Å². The van der Waals surface area contributed by atoms with E-state index in [1.165, 1.54) is 0 Å². The lowest BCUT2D eigenvalue weighted by Gasteiger charge is -2.01. The second-order valence-electron chi connectivity index (χ2n) is 2.72. The Morgan fingerprint density at radius 3 is 3.14 bits per heavy atom. The van der Waals surface area contributed by atoms with Crippen molar-refractivity contribution in [2.45, 2.75) is 19.9 Å². The minimum atomic E-state index is -0.230. The van der Waals surface area contributed by atoms with Gasteiger partial charge < -0.3 is 15.1 Å². The lowest BCUT2D eigenvalue weighted by molar-refractivity contribution is 0.243. The zero-order chi connectivity index (χ0) is 10.2. The molecule has 0 unspecified atom stereocenters. The number of furan rings is 1. The van der Waals surface area contributed by atoms with Gasteiger partial charge in [-0.15, -0.1) is 0 Å². The van der Waals surface area contributed by atoms with Crippen molar-refractivity contribution in [3.8, 4) is 0 Å². The van der Waals surface area contributed by atoms with Crippen LogP contribution in [0.4, 0.5) is 4.79 Å². The zero-order valence-electron chi connectivity index (χ0n) is 8.12. The molecule has 0 aliphatic carbocycles. The minimum Gasteiger partial charge on any atom is -0.467 e. The van der Waals surface area contributed by atoms with Crippen LogP contribution < -0.4 is 10.6 Å². The fourth-order valence-electron chi connectivity index (χ4n) is 0.884. The smallest absolute Gasteiger partial charge is 0.319 e. The maximum atomic E-state index is 11.1. The zero-order valence-corrected chi connectivity index (χ0v) is 8.12. The highest BCUT2D eigenvalue weighted by atomic mass is 16.3. The molecule has 0 atom stereocenters. The van der Waals surface area contributed by atoms with Crippen LogP contribution in [0.3, 0.4) is 0 Å². The molecule has 2 N–H and O–H groups in total. The van der Waals surface area contributed by atoms with Gasteiger partial charge in [-0.3, -0.25) is 0 Å². The van der Waals surface area contributed by atoms with Crippen molar-refractivity contribution >= 4 is 6.03 Å². The number of allylic oxidation sites excluding steroid dienone is 1. The van der Waals surface area contributed by atoms with E-state index in [9.17, 15) is 4.79 Å². The third kappa shape index (κ3) is 3.80. The predicted molar refractivity (Wildman–Crippen MR) is 53.5 cm³/mol. The average molecular weight is 194 g/mol. The van der Waals surface area contributed by atoms with Crippen LogP contribution in [0.2, 0.25) is 0 Å². The van der Waals surface area contributed by atoms with Gasteiger partial charge in [0, 0.05) is 6.20 Å². The molecule has 0 saturated heterocycles. The van der Waals surface area contributed by atoms with Crippen LogP contribution in [0.1, 0.15) is 19.1 Å². The van der Waals surface area contributed by atoms with Crippen molar-refractivity contribution in [2.75, 3.05) is 0 Å². The number of hydrogen-bond donors (Lipinski definition) is 2. The first kappa shape index (κ1) is 10.4. The number of amides is 2. The first-order chi connectivity index (χ1) is 6.83. The molecule has 0 aliphatic rings. The van der Waals surface area contributed by atoms with Gasteiger partial charge in [-0.25, -0.2) is 4.79 Å². The van der Waals surface area contributed by atoms with E-state index in [1.54, 1.807) is 18.5 Å². The molecule has 1 aromatic rings. The van der Waals surface area contributed by atoms with Crippen LogP contribution >= 0.6 is 0 Å². The summed E-state index contributed by atoms with van der Waals surface area (Å²) in [7, 11) is 0. The molecule has 4 heteroatoms. The van der Waals surface area contributed by atoms with Gasteiger partial charge in [0.1, 0.15) is 5.76 Å². The normalized spacial score (nSPS) is 10.4. The van der Waals surface area contributed by atoms with E-state index in [2.05, 4.69) is 10.6 Å². The number of hydrogen-bond acceptors (Lipinski definition) is 2. The van der Waals surface area contributed by atoms with Crippen LogP contribution in [0.25, 0.3) is 0 Å². The Bertz CT molecular complexity index is 291. The Kier molecular flexibility index (Phi) is 4.34. The topological polar surface area (TPSA) is 54.3 Å². The molecular formula is C10H14N2O2. The number of rotatable bonds is 4. The molecule has 0 fully saturated rings. The highest BCUT2D eigenvalue weighted by Gasteiger charge is 1.98. The standard InChI is InChI=1S/C10H14N2O2/c1-2-3-6-11-10(13)12-8-9-5-4-7-14-9/h3-7H,2,8H2,1H3,(H2,11,12,13)/b6-3+. The Morgan fingerprint density at radius 2 is 2.50 bits per heavy atom. The summed E-state index contributed by atoms with van der Waals surface area (Å²) in [5.74, 6) is 0.736. The predicted octanol–water partition coefficient (Wildman–Crippen LogP) is 2.00. The first-order valence-electron chi connectivity index (χ1n) is 4.54. The highest BCUT2D eigenvalue weighted by molar-refractivity contribution is 5.74. The summed E-state index contributed by atoms with van der Waals surface area (Å²) < 4.78 is 5.05. The van der Waals surface area contributed by atoms with Crippen molar-refractivity contribution in [1.29, 1.82) is 0 Å². The summed E-state index contributed by atoms with van der Waals surface area (Å²) in [5, 5.41) is 5.22. The molecule has 14 heavy (non-hydrogen) atoms. The van der Waals surface area contributed by atoms with Gasteiger partial charge in [0.25, 0.3) is 0 Å². The summed E-state index contributed by atoms with van der Waals surface area (Å²) in [6.45, 7) is 2.40. The van der Waals surface area contributed by atoms with Crippen LogP contribution in [-0.2, 0) is 6.54 Å². The van der Waals surface area contributed by atoms with E-state index in [4.69, 9.17) is 4.42 Å². The molecular weight excluding hydrogens is 180 g/mol. The molecule has 4 nitrogen and oxygen atoms in total.